The van der Waals surface area contributed by atoms with Gasteiger partial charge in [-0.3, -0.25) is 4.79 Å². The molecule has 2 N–H and O–H groups in total. The van der Waals surface area contributed by atoms with Gasteiger partial charge in [0.15, 0.2) is 0 Å². The Hall–Kier alpha value is -1.06. The topological polar surface area (TPSA) is 46.3 Å². The molecule has 0 aliphatic heterocycles. The van der Waals surface area contributed by atoms with Crippen LogP contribution in [0.5, 0.6) is 0 Å². The Morgan fingerprint density at radius 1 is 1.50 bits per heavy atom. The van der Waals surface area contributed by atoms with E-state index in [1.165, 1.54) is 0 Å². The molecule has 0 spiro atoms. The summed E-state index contributed by atoms with van der Waals surface area (Å²) >= 11 is 5.93. The Labute approximate surface area is 114 Å². The first kappa shape index (κ1) is 15.0. The molecule has 0 radical (unpaired) electrons. The summed E-state index contributed by atoms with van der Waals surface area (Å²) in [6.45, 7) is 4.80. The third-order valence-corrected chi connectivity index (χ3v) is 3.64. The summed E-state index contributed by atoms with van der Waals surface area (Å²) in [7, 11) is 1.80. The molecule has 0 bridgehead atoms. The van der Waals surface area contributed by atoms with Crippen molar-refractivity contribution in [3.8, 4) is 0 Å². The van der Waals surface area contributed by atoms with E-state index in [9.17, 15) is 4.79 Å². The third-order valence-electron chi connectivity index (χ3n) is 3.40. The van der Waals surface area contributed by atoms with Gasteiger partial charge < -0.3 is 10.6 Å². The summed E-state index contributed by atoms with van der Waals surface area (Å²) in [5.41, 5.74) is 6.25. The van der Waals surface area contributed by atoms with Crippen molar-refractivity contribution >= 4 is 17.5 Å². The van der Waals surface area contributed by atoms with Crippen molar-refractivity contribution in [3.05, 3.63) is 34.9 Å². The summed E-state index contributed by atoms with van der Waals surface area (Å²) in [5.74, 6) is 0.0764. The summed E-state index contributed by atoms with van der Waals surface area (Å²) in [6.07, 6.45) is 0.738. The maximum Gasteiger partial charge on any atom is 0.229 e. The number of nitrogens with zero attached hydrogens (tertiary/aromatic N) is 1. The number of nitrogens with two attached hydrogens (primary N) is 1. The maximum absolute atomic E-state index is 12.3. The zero-order valence-electron chi connectivity index (χ0n) is 11.2. The number of hydrogen-bond acceptors (Lipinski definition) is 2. The van der Waals surface area contributed by atoms with Crippen LogP contribution in [0, 0.1) is 5.41 Å². The molecule has 0 fully saturated rings. The van der Waals surface area contributed by atoms with E-state index in [-0.39, 0.29) is 5.91 Å². The lowest BCUT2D eigenvalue weighted by Crippen LogP contribution is -2.44. The largest absolute Gasteiger partial charge is 0.341 e. The number of hydrogen-bond donors (Lipinski definition) is 1. The van der Waals surface area contributed by atoms with Crippen molar-refractivity contribution in [2.24, 2.45) is 11.1 Å². The fourth-order valence-corrected chi connectivity index (χ4v) is 2.04. The van der Waals surface area contributed by atoms with E-state index in [0.717, 1.165) is 12.0 Å². The molecular formula is C14H21ClN2O. The highest BCUT2D eigenvalue weighted by atomic mass is 35.5. The molecule has 4 heteroatoms. The van der Waals surface area contributed by atoms with Crippen LogP contribution >= 0.6 is 11.6 Å². The number of rotatable bonds is 5. The summed E-state index contributed by atoms with van der Waals surface area (Å²) in [5, 5.41) is 0.686. The van der Waals surface area contributed by atoms with Gasteiger partial charge in [-0.15, -0.1) is 0 Å². The molecular weight excluding hydrogens is 248 g/mol. The normalized spacial score (nSPS) is 14.1. The number of benzene rings is 1. The van der Waals surface area contributed by atoms with Gasteiger partial charge in [0, 0.05) is 25.2 Å². The van der Waals surface area contributed by atoms with Gasteiger partial charge in [0.2, 0.25) is 5.91 Å². The van der Waals surface area contributed by atoms with E-state index in [4.69, 9.17) is 17.3 Å². The van der Waals surface area contributed by atoms with Crippen LogP contribution in [0.2, 0.25) is 5.02 Å². The molecule has 0 heterocycles. The van der Waals surface area contributed by atoms with Gasteiger partial charge in [0.05, 0.1) is 5.41 Å². The molecule has 1 unspecified atom stereocenters. The van der Waals surface area contributed by atoms with Crippen LogP contribution in [0.15, 0.2) is 24.3 Å². The van der Waals surface area contributed by atoms with Gasteiger partial charge >= 0.3 is 0 Å². The van der Waals surface area contributed by atoms with Crippen LogP contribution in [0.4, 0.5) is 0 Å². The molecule has 0 aliphatic carbocycles. The fraction of sp³-hybridized carbons (Fsp3) is 0.500. The van der Waals surface area contributed by atoms with E-state index >= 15 is 0 Å². The average molecular weight is 269 g/mol. The van der Waals surface area contributed by atoms with Gasteiger partial charge in [-0.1, -0.05) is 30.7 Å². The minimum Gasteiger partial charge on any atom is -0.341 e. The Morgan fingerprint density at radius 2 is 2.17 bits per heavy atom. The lowest BCUT2D eigenvalue weighted by atomic mass is 9.86. The van der Waals surface area contributed by atoms with Crippen molar-refractivity contribution < 1.29 is 4.79 Å². The van der Waals surface area contributed by atoms with E-state index in [2.05, 4.69) is 0 Å². The first-order valence-corrected chi connectivity index (χ1v) is 6.51. The average Bonchev–Trinajstić information content (AvgIpc) is 2.37. The highest BCUT2D eigenvalue weighted by molar-refractivity contribution is 6.30. The lowest BCUT2D eigenvalue weighted by Gasteiger charge is -2.30. The molecule has 1 aromatic carbocycles. The van der Waals surface area contributed by atoms with Crippen LogP contribution in [0.25, 0.3) is 0 Å². The van der Waals surface area contributed by atoms with Gasteiger partial charge in [0.25, 0.3) is 0 Å². The van der Waals surface area contributed by atoms with E-state index < -0.39 is 5.41 Å². The van der Waals surface area contributed by atoms with Crippen LogP contribution < -0.4 is 5.73 Å². The molecule has 3 nitrogen and oxygen atoms in total. The van der Waals surface area contributed by atoms with Crippen LogP contribution in [-0.4, -0.2) is 24.4 Å². The van der Waals surface area contributed by atoms with E-state index in [1.807, 2.05) is 38.1 Å². The van der Waals surface area contributed by atoms with Crippen molar-refractivity contribution in [1.82, 2.24) is 4.90 Å². The molecule has 0 aromatic heterocycles. The molecule has 1 aromatic rings. The monoisotopic (exact) mass is 268 g/mol. The number of carbonyl (C=O) groups is 1. The fourth-order valence-electron chi connectivity index (χ4n) is 1.82. The smallest absolute Gasteiger partial charge is 0.229 e. The van der Waals surface area contributed by atoms with Crippen LogP contribution in [0.1, 0.15) is 25.8 Å². The molecule has 1 amide bonds. The van der Waals surface area contributed by atoms with E-state index in [1.54, 1.807) is 11.9 Å². The minimum absolute atomic E-state index is 0.0764. The second-order valence-corrected chi connectivity index (χ2v) is 5.35. The lowest BCUT2D eigenvalue weighted by molar-refractivity contribution is -0.140. The van der Waals surface area contributed by atoms with Gasteiger partial charge in [-0.25, -0.2) is 0 Å². The van der Waals surface area contributed by atoms with Gasteiger partial charge in [0.1, 0.15) is 0 Å². The highest BCUT2D eigenvalue weighted by Crippen LogP contribution is 2.23. The first-order chi connectivity index (χ1) is 8.42. The number of amides is 1. The highest BCUT2D eigenvalue weighted by Gasteiger charge is 2.32. The molecule has 0 aliphatic rings. The van der Waals surface area contributed by atoms with Crippen molar-refractivity contribution in [3.63, 3.8) is 0 Å². The van der Waals surface area contributed by atoms with Gasteiger partial charge in [-0.2, -0.15) is 0 Å². The number of carbonyl (C=O) groups excluding carboxylic acids is 1. The Bertz CT molecular complexity index is 416. The first-order valence-electron chi connectivity index (χ1n) is 6.13. The Morgan fingerprint density at radius 3 is 2.67 bits per heavy atom. The van der Waals surface area contributed by atoms with Crippen LogP contribution in [-0.2, 0) is 11.3 Å². The second-order valence-electron chi connectivity index (χ2n) is 4.91. The summed E-state index contributed by atoms with van der Waals surface area (Å²) in [4.78, 5) is 14.0. The molecule has 18 heavy (non-hydrogen) atoms. The predicted octanol–water partition coefficient (Wildman–Crippen LogP) is 2.67. The number of halogens is 1. The molecule has 100 valence electrons. The quantitative estimate of drug-likeness (QED) is 0.892. The summed E-state index contributed by atoms with van der Waals surface area (Å²) < 4.78 is 0. The third kappa shape index (κ3) is 3.47. The molecule has 1 rings (SSSR count). The standard InChI is InChI=1S/C14H21ClN2O/c1-4-14(2,10-16)13(18)17(3)9-11-6-5-7-12(15)8-11/h5-8H,4,9-10,16H2,1-3H3. The van der Waals surface area contributed by atoms with Crippen molar-refractivity contribution in [2.45, 2.75) is 26.8 Å². The zero-order valence-corrected chi connectivity index (χ0v) is 12.0. The Kier molecular flexibility index (Phi) is 5.17. The van der Waals surface area contributed by atoms with Crippen molar-refractivity contribution in [2.75, 3.05) is 13.6 Å². The molecule has 0 saturated carbocycles. The van der Waals surface area contributed by atoms with Gasteiger partial charge in [-0.05, 0) is 31.0 Å². The van der Waals surface area contributed by atoms with Crippen molar-refractivity contribution in [1.29, 1.82) is 0 Å². The predicted molar refractivity (Wildman–Crippen MR) is 75.4 cm³/mol. The zero-order chi connectivity index (χ0) is 13.8. The van der Waals surface area contributed by atoms with Crippen LogP contribution in [0.3, 0.4) is 0 Å². The minimum atomic E-state index is -0.479. The summed E-state index contributed by atoms with van der Waals surface area (Å²) in [6, 6.07) is 7.54. The van der Waals surface area contributed by atoms with E-state index in [0.29, 0.717) is 18.1 Å². The Balaban J connectivity index is 2.77. The molecule has 0 saturated heterocycles. The maximum atomic E-state index is 12.3. The SMILES string of the molecule is CCC(C)(CN)C(=O)N(C)Cc1cccc(Cl)c1. The second kappa shape index (κ2) is 6.21. The molecule has 1 atom stereocenters.